The number of amides is 1. The largest absolute Gasteiger partial charge is 0.351 e. The highest BCUT2D eigenvalue weighted by Crippen LogP contribution is 2.37. The zero-order chi connectivity index (χ0) is 21.1. The Hall–Kier alpha value is -2.46. The van der Waals surface area contributed by atoms with Crippen LogP contribution in [0.1, 0.15) is 50.8 Å². The number of ketones is 1. The summed E-state index contributed by atoms with van der Waals surface area (Å²) >= 11 is 0. The number of allylic oxidation sites excluding steroid dienone is 4. The molecule has 1 aromatic carbocycles. The molecule has 0 unspecified atom stereocenters. The van der Waals surface area contributed by atoms with E-state index in [0.717, 1.165) is 70.6 Å². The Morgan fingerprint density at radius 2 is 1.86 bits per heavy atom. The third-order valence-electron chi connectivity index (χ3n) is 6.10. The number of carbonyl (C=O) groups is 2. The molecule has 3 rings (SSSR count). The van der Waals surface area contributed by atoms with Crippen LogP contribution in [0.2, 0.25) is 0 Å². The first-order chi connectivity index (χ1) is 13.8. The number of hydrogen-bond donors (Lipinski definition) is 1. The van der Waals surface area contributed by atoms with Crippen molar-refractivity contribution in [1.82, 2.24) is 10.2 Å². The van der Waals surface area contributed by atoms with Gasteiger partial charge in [-0.25, -0.2) is 0 Å². The van der Waals surface area contributed by atoms with E-state index < -0.39 is 0 Å². The summed E-state index contributed by atoms with van der Waals surface area (Å²) in [6, 6.07) is 6.21. The van der Waals surface area contributed by atoms with Crippen molar-refractivity contribution in [2.45, 2.75) is 47.5 Å². The van der Waals surface area contributed by atoms with Gasteiger partial charge < -0.3 is 10.2 Å². The Kier molecular flexibility index (Phi) is 6.53. The summed E-state index contributed by atoms with van der Waals surface area (Å²) in [5.74, 6) is 0.162. The van der Waals surface area contributed by atoms with E-state index in [2.05, 4.69) is 42.3 Å². The molecule has 29 heavy (non-hydrogen) atoms. The van der Waals surface area contributed by atoms with Crippen molar-refractivity contribution in [1.29, 1.82) is 0 Å². The smallest absolute Gasteiger partial charge is 0.251 e. The van der Waals surface area contributed by atoms with E-state index in [0.29, 0.717) is 13.0 Å². The molecule has 4 heteroatoms. The van der Waals surface area contributed by atoms with E-state index >= 15 is 0 Å². The van der Waals surface area contributed by atoms with Crippen LogP contribution in [0.5, 0.6) is 0 Å². The number of nitrogens with zero attached hydrogens (tertiary/aromatic N) is 1. The van der Waals surface area contributed by atoms with Crippen molar-refractivity contribution in [2.75, 3.05) is 26.2 Å². The van der Waals surface area contributed by atoms with Gasteiger partial charge in [0.15, 0.2) is 5.78 Å². The topological polar surface area (TPSA) is 49.4 Å². The third kappa shape index (κ3) is 4.43. The van der Waals surface area contributed by atoms with Crippen LogP contribution in [0.25, 0.3) is 5.57 Å². The number of Topliss-reactive ketones (excluding diaryl/α,β-unsaturated/α-hetero) is 1. The van der Waals surface area contributed by atoms with Gasteiger partial charge in [0.1, 0.15) is 0 Å². The predicted molar refractivity (Wildman–Crippen MR) is 119 cm³/mol. The lowest BCUT2D eigenvalue weighted by Crippen LogP contribution is -2.35. The minimum atomic E-state index is -0.00505. The van der Waals surface area contributed by atoms with E-state index in [1.807, 2.05) is 26.8 Å². The van der Waals surface area contributed by atoms with Crippen LogP contribution in [0, 0.1) is 6.92 Å². The minimum Gasteiger partial charge on any atom is -0.351 e. The van der Waals surface area contributed by atoms with Crippen LogP contribution in [0.15, 0.2) is 46.6 Å². The number of nitrogens with one attached hydrogen (secondary N) is 1. The molecule has 1 amide bonds. The second-order valence-corrected chi connectivity index (χ2v) is 8.08. The van der Waals surface area contributed by atoms with E-state index in [-0.39, 0.29) is 11.7 Å². The fourth-order valence-corrected chi connectivity index (χ4v) is 4.31. The Labute approximate surface area is 174 Å². The maximum Gasteiger partial charge on any atom is 0.251 e. The normalized spacial score (nSPS) is 17.7. The molecule has 0 fully saturated rings. The molecule has 0 radical (unpaired) electrons. The first-order valence-electron chi connectivity index (χ1n) is 10.6. The average Bonchev–Trinajstić information content (AvgIpc) is 3.14. The molecular formula is C25H32N2O2. The van der Waals surface area contributed by atoms with Crippen molar-refractivity contribution < 1.29 is 9.59 Å². The summed E-state index contributed by atoms with van der Waals surface area (Å²) in [4.78, 5) is 27.7. The minimum absolute atomic E-state index is 0.00505. The van der Waals surface area contributed by atoms with Crippen LogP contribution in [-0.2, 0) is 16.0 Å². The Balaban J connectivity index is 1.79. The lowest BCUT2D eigenvalue weighted by Gasteiger charge is -2.18. The second kappa shape index (κ2) is 8.91. The first kappa shape index (κ1) is 21.3. The fraction of sp³-hybridized carbons (Fsp3) is 0.440. The molecule has 154 valence electrons. The zero-order valence-corrected chi connectivity index (χ0v) is 18.3. The standard InChI is InChI=1S/C25H32N2O2/c1-6-27(7-2)11-10-26-25(29)24-17(4)13-20(18(24)5)14-22-21-12-16(3)8-9-19(21)15-23(22)28/h8-9,12,14H,6-7,10-11,13,15H2,1-5H3,(H,26,29)/b22-14-. The van der Waals surface area contributed by atoms with Crippen LogP contribution in [-0.4, -0.2) is 42.8 Å². The van der Waals surface area contributed by atoms with Gasteiger partial charge in [-0.2, -0.15) is 0 Å². The molecule has 2 aliphatic carbocycles. The molecule has 0 atom stereocenters. The van der Waals surface area contributed by atoms with Crippen molar-refractivity contribution in [3.8, 4) is 0 Å². The molecule has 0 saturated heterocycles. The number of aryl methyl sites for hydroxylation is 1. The summed E-state index contributed by atoms with van der Waals surface area (Å²) in [7, 11) is 0. The lowest BCUT2D eigenvalue weighted by atomic mass is 10.00. The molecule has 0 heterocycles. The number of likely N-dealkylation sites (N-methyl/N-ethyl adjacent to an activating group) is 1. The number of carbonyl (C=O) groups excluding carboxylic acids is 2. The van der Waals surface area contributed by atoms with Gasteiger partial charge in [0.05, 0.1) is 0 Å². The second-order valence-electron chi connectivity index (χ2n) is 8.08. The van der Waals surface area contributed by atoms with Crippen molar-refractivity contribution in [3.05, 3.63) is 63.3 Å². The predicted octanol–water partition coefficient (Wildman–Crippen LogP) is 4.00. The van der Waals surface area contributed by atoms with Crippen molar-refractivity contribution in [2.24, 2.45) is 0 Å². The molecule has 4 nitrogen and oxygen atoms in total. The van der Waals surface area contributed by atoms with Crippen LogP contribution in [0.3, 0.4) is 0 Å². The summed E-state index contributed by atoms with van der Waals surface area (Å²) < 4.78 is 0. The quantitative estimate of drug-likeness (QED) is 0.714. The van der Waals surface area contributed by atoms with Gasteiger partial charge in [-0.3, -0.25) is 9.59 Å². The Morgan fingerprint density at radius 1 is 1.14 bits per heavy atom. The van der Waals surface area contributed by atoms with Gasteiger partial charge in [-0.05, 0) is 68.6 Å². The highest BCUT2D eigenvalue weighted by atomic mass is 16.1. The number of benzene rings is 1. The molecular weight excluding hydrogens is 360 g/mol. The summed E-state index contributed by atoms with van der Waals surface area (Å²) in [5, 5.41) is 3.07. The van der Waals surface area contributed by atoms with E-state index in [1.165, 1.54) is 0 Å². The molecule has 1 N–H and O–H groups in total. The number of fused-ring (bicyclic) bond motifs is 1. The molecule has 1 aromatic rings. The van der Waals surface area contributed by atoms with Crippen LogP contribution < -0.4 is 5.32 Å². The molecule has 0 spiro atoms. The maximum atomic E-state index is 12.8. The molecule has 0 saturated carbocycles. The Morgan fingerprint density at radius 3 is 2.55 bits per heavy atom. The van der Waals surface area contributed by atoms with Gasteiger partial charge in [0.25, 0.3) is 5.91 Å². The fourth-order valence-electron chi connectivity index (χ4n) is 4.31. The molecule has 0 aromatic heterocycles. The van der Waals surface area contributed by atoms with Gasteiger partial charge >= 0.3 is 0 Å². The van der Waals surface area contributed by atoms with Crippen molar-refractivity contribution >= 4 is 17.3 Å². The summed E-state index contributed by atoms with van der Waals surface area (Å²) in [6.07, 6.45) is 3.21. The van der Waals surface area contributed by atoms with E-state index in [1.54, 1.807) is 0 Å². The zero-order valence-electron chi connectivity index (χ0n) is 18.3. The van der Waals surface area contributed by atoms with Gasteiger partial charge in [0, 0.05) is 30.7 Å². The molecule has 0 bridgehead atoms. The van der Waals surface area contributed by atoms with Crippen molar-refractivity contribution in [3.63, 3.8) is 0 Å². The SMILES string of the molecule is CCN(CC)CCNC(=O)C1=C(C)CC(/C=C2\C(=O)Cc3ccc(C)cc32)=C1C. The number of hydrogen-bond acceptors (Lipinski definition) is 3. The van der Waals surface area contributed by atoms with E-state index in [9.17, 15) is 9.59 Å². The van der Waals surface area contributed by atoms with E-state index in [4.69, 9.17) is 0 Å². The third-order valence-corrected chi connectivity index (χ3v) is 6.10. The maximum absolute atomic E-state index is 12.8. The lowest BCUT2D eigenvalue weighted by molar-refractivity contribution is -0.117. The van der Waals surface area contributed by atoms with Crippen LogP contribution in [0.4, 0.5) is 0 Å². The van der Waals surface area contributed by atoms with Gasteiger partial charge in [-0.1, -0.05) is 43.2 Å². The Bertz CT molecular complexity index is 930. The first-order valence-corrected chi connectivity index (χ1v) is 10.6. The highest BCUT2D eigenvalue weighted by Gasteiger charge is 2.28. The summed E-state index contributed by atoms with van der Waals surface area (Å²) in [5.41, 5.74) is 8.01. The monoisotopic (exact) mass is 392 g/mol. The average molecular weight is 393 g/mol. The molecule has 2 aliphatic rings. The number of rotatable bonds is 7. The highest BCUT2D eigenvalue weighted by molar-refractivity contribution is 6.26. The van der Waals surface area contributed by atoms with Crippen LogP contribution >= 0.6 is 0 Å². The van der Waals surface area contributed by atoms with Gasteiger partial charge in [0.2, 0.25) is 0 Å². The van der Waals surface area contributed by atoms with Gasteiger partial charge in [-0.15, -0.1) is 0 Å². The molecule has 0 aliphatic heterocycles. The summed E-state index contributed by atoms with van der Waals surface area (Å²) in [6.45, 7) is 13.8.